The predicted octanol–water partition coefficient (Wildman–Crippen LogP) is 3.68. The Morgan fingerprint density at radius 3 is 2.78 bits per heavy atom. The fourth-order valence-corrected chi connectivity index (χ4v) is 3.75. The van der Waals surface area contributed by atoms with Gasteiger partial charge in [-0.1, -0.05) is 41.7 Å². The van der Waals surface area contributed by atoms with Gasteiger partial charge in [0.1, 0.15) is 4.32 Å². The molecule has 1 aromatic carbocycles. The van der Waals surface area contributed by atoms with E-state index >= 15 is 0 Å². The molecule has 0 bridgehead atoms. The number of carbonyl (C=O) groups excluding carboxylic acids is 2. The number of benzene rings is 1. The Morgan fingerprint density at radius 1 is 1.41 bits per heavy atom. The van der Waals surface area contributed by atoms with Gasteiger partial charge in [-0.2, -0.15) is 0 Å². The highest BCUT2D eigenvalue weighted by molar-refractivity contribution is 8.26. The molecule has 1 aliphatic heterocycles. The molecular formula is C18H18ClNO5S2. The van der Waals surface area contributed by atoms with Crippen LogP contribution in [0, 0.1) is 0 Å². The average Bonchev–Trinajstić information content (AvgIpc) is 2.89. The molecule has 1 heterocycles. The number of esters is 1. The second-order valence-corrected chi connectivity index (χ2v) is 7.29. The van der Waals surface area contributed by atoms with Crippen LogP contribution >= 0.6 is 35.6 Å². The van der Waals surface area contributed by atoms with E-state index in [-0.39, 0.29) is 23.3 Å². The van der Waals surface area contributed by atoms with Crippen molar-refractivity contribution in [2.75, 3.05) is 26.9 Å². The van der Waals surface area contributed by atoms with Crippen LogP contribution in [0.15, 0.2) is 29.7 Å². The van der Waals surface area contributed by atoms with Crippen LogP contribution in [0.3, 0.4) is 0 Å². The zero-order valence-electron chi connectivity index (χ0n) is 14.8. The van der Waals surface area contributed by atoms with E-state index in [4.69, 9.17) is 33.3 Å². The minimum Gasteiger partial charge on any atom is -0.490 e. The average molecular weight is 428 g/mol. The van der Waals surface area contributed by atoms with Crippen molar-refractivity contribution in [2.45, 2.75) is 6.92 Å². The molecule has 0 atom stereocenters. The van der Waals surface area contributed by atoms with Gasteiger partial charge in [0.25, 0.3) is 5.91 Å². The van der Waals surface area contributed by atoms with E-state index in [0.717, 1.165) is 0 Å². The molecule has 0 spiro atoms. The summed E-state index contributed by atoms with van der Waals surface area (Å²) in [5.74, 6) is -0.129. The molecule has 0 N–H and O–H groups in total. The fraction of sp³-hybridized carbons (Fsp3) is 0.278. The minimum atomic E-state index is -0.538. The molecule has 6 nitrogen and oxygen atoms in total. The van der Waals surface area contributed by atoms with Crippen LogP contribution in [-0.4, -0.2) is 48.0 Å². The highest BCUT2D eigenvalue weighted by Crippen LogP contribution is 2.39. The summed E-state index contributed by atoms with van der Waals surface area (Å²) in [6.07, 6.45) is 3.30. The zero-order valence-corrected chi connectivity index (χ0v) is 17.2. The van der Waals surface area contributed by atoms with Crippen LogP contribution in [0.2, 0.25) is 5.02 Å². The number of hydrogen-bond acceptors (Lipinski definition) is 7. The molecule has 144 valence electrons. The number of thiocarbonyl (C=S) groups is 1. The summed E-state index contributed by atoms with van der Waals surface area (Å²) in [5.41, 5.74) is 0.646. The normalized spacial score (nSPS) is 15.2. The Balaban J connectivity index is 2.33. The smallest absolute Gasteiger partial charge is 0.343 e. The summed E-state index contributed by atoms with van der Waals surface area (Å²) in [5, 5.41) is 0.248. The minimum absolute atomic E-state index is 0.190. The molecule has 9 heteroatoms. The monoisotopic (exact) mass is 427 g/mol. The molecule has 1 fully saturated rings. The number of methoxy groups -OCH3 is 1. The largest absolute Gasteiger partial charge is 0.490 e. The number of carbonyl (C=O) groups is 2. The van der Waals surface area contributed by atoms with Crippen molar-refractivity contribution in [1.82, 2.24) is 4.90 Å². The molecule has 0 radical (unpaired) electrons. The molecule has 1 aromatic rings. The number of rotatable bonds is 8. The van der Waals surface area contributed by atoms with Crippen LogP contribution in [0.25, 0.3) is 6.08 Å². The van der Waals surface area contributed by atoms with Crippen molar-refractivity contribution >= 4 is 57.9 Å². The molecule has 1 aliphatic rings. The Hall–Kier alpha value is -2.03. The summed E-state index contributed by atoms with van der Waals surface area (Å²) >= 11 is 12.7. The maximum Gasteiger partial charge on any atom is 0.343 e. The Bertz CT molecular complexity index is 809. The highest BCUT2D eigenvalue weighted by atomic mass is 35.5. The Labute approximate surface area is 172 Å². The third-order valence-electron chi connectivity index (χ3n) is 3.38. The number of nitrogens with zero attached hydrogens (tertiary/aromatic N) is 1. The molecule has 2 rings (SSSR count). The third kappa shape index (κ3) is 5.24. The van der Waals surface area contributed by atoms with Crippen molar-refractivity contribution in [1.29, 1.82) is 0 Å². The molecule has 0 saturated carbocycles. The van der Waals surface area contributed by atoms with Crippen molar-refractivity contribution in [2.24, 2.45) is 0 Å². The molecule has 0 unspecified atom stereocenters. The van der Waals surface area contributed by atoms with Gasteiger partial charge >= 0.3 is 5.97 Å². The summed E-state index contributed by atoms with van der Waals surface area (Å²) in [7, 11) is 1.27. The van der Waals surface area contributed by atoms with Crippen LogP contribution in [-0.2, 0) is 14.3 Å². The van der Waals surface area contributed by atoms with Crippen molar-refractivity contribution in [3.8, 4) is 11.5 Å². The van der Waals surface area contributed by atoms with Gasteiger partial charge in [0, 0.05) is 6.54 Å². The zero-order chi connectivity index (χ0) is 20.0. The van der Waals surface area contributed by atoms with E-state index in [0.29, 0.717) is 33.7 Å². The maximum atomic E-state index is 12.4. The van der Waals surface area contributed by atoms with Crippen LogP contribution in [0.1, 0.15) is 12.5 Å². The Kier molecular flexibility index (Phi) is 7.70. The lowest BCUT2D eigenvalue weighted by Crippen LogP contribution is -2.27. The lowest BCUT2D eigenvalue weighted by atomic mass is 10.1. The standard InChI is InChI=1S/C18H18ClNO5S2/c1-4-6-20-17(22)14(27-18(20)26)9-11-7-12(19)16(13(8-11)24-5-2)25-10-15(21)23-3/h4,7-9H,1,5-6,10H2,2-3H3/b14-9+. The molecule has 1 saturated heterocycles. The van der Waals surface area contributed by atoms with Gasteiger partial charge in [0.2, 0.25) is 0 Å². The van der Waals surface area contributed by atoms with Gasteiger partial charge in [-0.05, 0) is 30.7 Å². The van der Waals surface area contributed by atoms with Crippen molar-refractivity contribution in [3.63, 3.8) is 0 Å². The van der Waals surface area contributed by atoms with E-state index in [9.17, 15) is 9.59 Å². The van der Waals surface area contributed by atoms with Crippen molar-refractivity contribution in [3.05, 3.63) is 40.3 Å². The molecule has 27 heavy (non-hydrogen) atoms. The maximum absolute atomic E-state index is 12.4. The summed E-state index contributed by atoms with van der Waals surface area (Å²) < 4.78 is 16.0. The highest BCUT2D eigenvalue weighted by Gasteiger charge is 2.31. The van der Waals surface area contributed by atoms with Gasteiger partial charge in [-0.25, -0.2) is 4.79 Å². The molecule has 0 aliphatic carbocycles. The first-order valence-electron chi connectivity index (χ1n) is 7.93. The lowest BCUT2D eigenvalue weighted by Gasteiger charge is -2.14. The van der Waals surface area contributed by atoms with E-state index in [2.05, 4.69) is 11.3 Å². The third-order valence-corrected chi connectivity index (χ3v) is 5.04. The van der Waals surface area contributed by atoms with E-state index < -0.39 is 5.97 Å². The van der Waals surface area contributed by atoms with Gasteiger partial charge in [0.05, 0.1) is 23.6 Å². The van der Waals surface area contributed by atoms with Gasteiger partial charge < -0.3 is 14.2 Å². The quantitative estimate of drug-likeness (QED) is 0.271. The topological polar surface area (TPSA) is 65.1 Å². The first-order chi connectivity index (χ1) is 12.9. The first-order valence-corrected chi connectivity index (χ1v) is 9.53. The van der Waals surface area contributed by atoms with E-state index in [1.807, 2.05) is 6.92 Å². The van der Waals surface area contributed by atoms with Crippen LogP contribution in [0.4, 0.5) is 0 Å². The second kappa shape index (κ2) is 9.77. The fourth-order valence-electron chi connectivity index (χ4n) is 2.20. The summed E-state index contributed by atoms with van der Waals surface area (Å²) in [6.45, 7) is 5.87. The van der Waals surface area contributed by atoms with Gasteiger partial charge in [-0.3, -0.25) is 9.69 Å². The van der Waals surface area contributed by atoms with Crippen LogP contribution < -0.4 is 9.47 Å². The van der Waals surface area contributed by atoms with Gasteiger partial charge in [-0.15, -0.1) is 6.58 Å². The molecule has 1 amide bonds. The predicted molar refractivity (Wildman–Crippen MR) is 110 cm³/mol. The first kappa shape index (κ1) is 21.3. The number of halogens is 1. The SMILES string of the molecule is C=CCN1C(=O)/C(=C\c2cc(Cl)c(OCC(=O)OC)c(OCC)c2)SC1=S. The van der Waals surface area contributed by atoms with Crippen LogP contribution in [0.5, 0.6) is 11.5 Å². The molecular weight excluding hydrogens is 410 g/mol. The van der Waals surface area contributed by atoms with E-state index in [1.54, 1.807) is 24.3 Å². The number of amides is 1. The summed E-state index contributed by atoms with van der Waals surface area (Å²) in [4.78, 5) is 25.7. The number of hydrogen-bond donors (Lipinski definition) is 0. The molecule has 0 aromatic heterocycles. The Morgan fingerprint density at radius 2 is 2.15 bits per heavy atom. The number of thioether (sulfide) groups is 1. The summed E-state index contributed by atoms with van der Waals surface area (Å²) in [6, 6.07) is 3.30. The van der Waals surface area contributed by atoms with Gasteiger partial charge in [0.15, 0.2) is 18.1 Å². The second-order valence-electron chi connectivity index (χ2n) is 5.21. The lowest BCUT2D eigenvalue weighted by molar-refractivity contribution is -0.142. The van der Waals surface area contributed by atoms with E-state index in [1.165, 1.54) is 23.8 Å². The number of ether oxygens (including phenoxy) is 3. The van der Waals surface area contributed by atoms with Crippen molar-refractivity contribution < 1.29 is 23.8 Å².